The fourth-order valence-corrected chi connectivity index (χ4v) is 2.04. The van der Waals surface area contributed by atoms with Gasteiger partial charge in [-0.3, -0.25) is 5.32 Å². The molecule has 2 rings (SSSR count). The van der Waals surface area contributed by atoms with Crippen LogP contribution in [0, 0.1) is 0 Å². The Kier molecular flexibility index (Phi) is 6.15. The summed E-state index contributed by atoms with van der Waals surface area (Å²) < 4.78 is 4.99. The summed E-state index contributed by atoms with van der Waals surface area (Å²) in [4.78, 5) is 11.5. The molecule has 0 aliphatic rings. The van der Waals surface area contributed by atoms with Crippen LogP contribution in [0.1, 0.15) is 31.0 Å². The predicted octanol–water partition coefficient (Wildman–Crippen LogP) is 4.07. The zero-order valence-electron chi connectivity index (χ0n) is 12.4. The molecular weight excluding hydrogens is 302 g/mol. The lowest BCUT2D eigenvalue weighted by Crippen LogP contribution is -2.15. The lowest BCUT2D eigenvalue weighted by Gasteiger charge is -2.06. The molecule has 116 valence electrons. The number of hydrogen-bond donors (Lipinski definition) is 1. The second kappa shape index (κ2) is 8.34. The third kappa shape index (κ3) is 5.33. The molecule has 0 spiro atoms. The topological polar surface area (TPSA) is 64.1 Å². The minimum atomic E-state index is -0.509. The average Bonchev–Trinajstić information content (AvgIpc) is 2.50. The number of hydrogen-bond acceptors (Lipinski definition) is 4. The molecule has 0 aliphatic carbocycles. The van der Waals surface area contributed by atoms with E-state index in [1.807, 2.05) is 37.3 Å². The number of halogens is 1. The molecule has 1 aromatic heterocycles. The molecule has 5 nitrogen and oxygen atoms in total. The number of ether oxygens (including phenoxy) is 1. The van der Waals surface area contributed by atoms with Crippen molar-refractivity contribution in [1.29, 1.82) is 0 Å². The summed E-state index contributed by atoms with van der Waals surface area (Å²) in [5.41, 5.74) is 1.86. The molecule has 0 radical (unpaired) electrons. The molecule has 0 unspecified atom stereocenters. The van der Waals surface area contributed by atoms with E-state index in [0.717, 1.165) is 24.1 Å². The van der Waals surface area contributed by atoms with E-state index < -0.39 is 6.09 Å². The molecule has 0 fully saturated rings. The highest BCUT2D eigenvalue weighted by molar-refractivity contribution is 6.30. The molecule has 1 N–H and O–H groups in total. The zero-order valence-corrected chi connectivity index (χ0v) is 13.1. The van der Waals surface area contributed by atoms with Gasteiger partial charge in [-0.05, 0) is 36.2 Å². The molecule has 1 amide bonds. The summed E-state index contributed by atoms with van der Waals surface area (Å²) in [5.74, 6) is 0.372. The monoisotopic (exact) mass is 319 g/mol. The number of anilines is 1. The fraction of sp³-hybridized carbons (Fsp3) is 0.312. The first-order chi connectivity index (χ1) is 10.7. The molecule has 0 saturated carbocycles. The number of unbranched alkanes of at least 4 members (excludes halogenated alkanes) is 1. The number of aromatic nitrogens is 2. The lowest BCUT2D eigenvalue weighted by molar-refractivity contribution is 0.159. The van der Waals surface area contributed by atoms with Gasteiger partial charge in [-0.25, -0.2) is 4.79 Å². The second-order valence-electron chi connectivity index (χ2n) is 4.83. The summed E-state index contributed by atoms with van der Waals surface area (Å²) >= 11 is 5.95. The van der Waals surface area contributed by atoms with Gasteiger partial charge in [0.15, 0.2) is 5.82 Å². The maximum absolute atomic E-state index is 11.5. The Labute approximate surface area is 134 Å². The van der Waals surface area contributed by atoms with E-state index in [4.69, 9.17) is 16.3 Å². The first-order valence-electron chi connectivity index (χ1n) is 7.18. The van der Waals surface area contributed by atoms with Gasteiger partial charge < -0.3 is 4.74 Å². The normalized spacial score (nSPS) is 10.3. The quantitative estimate of drug-likeness (QED) is 0.815. The van der Waals surface area contributed by atoms with Crippen molar-refractivity contribution >= 4 is 23.5 Å². The van der Waals surface area contributed by atoms with E-state index in [-0.39, 0.29) is 0 Å². The van der Waals surface area contributed by atoms with Gasteiger partial charge >= 0.3 is 6.09 Å². The minimum absolute atomic E-state index is 0.372. The van der Waals surface area contributed by atoms with Crippen LogP contribution in [-0.4, -0.2) is 22.9 Å². The van der Waals surface area contributed by atoms with Crippen LogP contribution < -0.4 is 5.32 Å². The van der Waals surface area contributed by atoms with E-state index in [2.05, 4.69) is 15.5 Å². The maximum atomic E-state index is 11.5. The van der Waals surface area contributed by atoms with Gasteiger partial charge in [0, 0.05) is 11.4 Å². The van der Waals surface area contributed by atoms with Crippen molar-refractivity contribution in [2.24, 2.45) is 0 Å². The zero-order chi connectivity index (χ0) is 15.8. The predicted molar refractivity (Wildman–Crippen MR) is 86.2 cm³/mol. The molecule has 2 aromatic rings. The number of benzene rings is 1. The number of carbonyl (C=O) groups is 1. The summed E-state index contributed by atoms with van der Waals surface area (Å²) in [6.07, 6.45) is 1.95. The highest BCUT2D eigenvalue weighted by Gasteiger charge is 2.05. The van der Waals surface area contributed by atoms with Crippen LogP contribution in [-0.2, 0) is 11.2 Å². The number of nitrogens with one attached hydrogen (secondary N) is 1. The number of rotatable bonds is 6. The molecule has 0 saturated heterocycles. The van der Waals surface area contributed by atoms with Gasteiger partial charge in [0.2, 0.25) is 0 Å². The van der Waals surface area contributed by atoms with Crippen molar-refractivity contribution in [2.75, 3.05) is 11.9 Å². The van der Waals surface area contributed by atoms with Gasteiger partial charge in [-0.1, -0.05) is 37.1 Å². The van der Waals surface area contributed by atoms with Crippen LogP contribution in [0.15, 0.2) is 36.4 Å². The van der Waals surface area contributed by atoms with E-state index in [9.17, 15) is 4.79 Å². The van der Waals surface area contributed by atoms with Crippen molar-refractivity contribution in [1.82, 2.24) is 10.2 Å². The second-order valence-corrected chi connectivity index (χ2v) is 5.27. The molecule has 0 aliphatic heterocycles. The van der Waals surface area contributed by atoms with E-state index >= 15 is 0 Å². The molecule has 0 atom stereocenters. The Morgan fingerprint density at radius 3 is 2.82 bits per heavy atom. The van der Waals surface area contributed by atoms with Crippen LogP contribution in [0.4, 0.5) is 10.6 Å². The Balaban J connectivity index is 1.88. The van der Waals surface area contributed by atoms with Gasteiger partial charge in [0.25, 0.3) is 0 Å². The smallest absolute Gasteiger partial charge is 0.412 e. The molecular formula is C16H18ClN3O2. The van der Waals surface area contributed by atoms with Gasteiger partial charge in [0.1, 0.15) is 0 Å². The minimum Gasteiger partial charge on any atom is -0.449 e. The Morgan fingerprint density at radius 1 is 1.27 bits per heavy atom. The largest absolute Gasteiger partial charge is 0.449 e. The number of amides is 1. The van der Waals surface area contributed by atoms with Crippen molar-refractivity contribution in [2.45, 2.75) is 26.2 Å². The maximum Gasteiger partial charge on any atom is 0.412 e. The van der Waals surface area contributed by atoms with Crippen molar-refractivity contribution in [3.63, 3.8) is 0 Å². The van der Waals surface area contributed by atoms with Crippen molar-refractivity contribution in [3.05, 3.63) is 52.7 Å². The van der Waals surface area contributed by atoms with Gasteiger partial charge in [-0.15, -0.1) is 5.10 Å². The lowest BCUT2D eigenvalue weighted by atomic mass is 10.1. The third-order valence-electron chi connectivity index (χ3n) is 2.96. The summed E-state index contributed by atoms with van der Waals surface area (Å²) in [6, 6.07) is 11.1. The number of nitrogens with zero attached hydrogens (tertiary/aromatic N) is 2. The number of carbonyl (C=O) groups excluding carboxylic acids is 1. The Hall–Kier alpha value is -2.14. The van der Waals surface area contributed by atoms with Crippen molar-refractivity contribution < 1.29 is 9.53 Å². The summed E-state index contributed by atoms with van der Waals surface area (Å²) in [5, 5.41) is 11.3. The Morgan fingerprint density at radius 2 is 2.14 bits per heavy atom. The van der Waals surface area contributed by atoms with Gasteiger partial charge in [0.05, 0.1) is 12.3 Å². The molecule has 6 heteroatoms. The average molecular weight is 320 g/mol. The SMILES string of the molecule is CCCCOC(=O)Nc1ccc(Cc2cccc(Cl)c2)nn1. The fourth-order valence-electron chi connectivity index (χ4n) is 1.83. The molecule has 0 bridgehead atoms. The van der Waals surface area contributed by atoms with Crippen LogP contribution in [0.5, 0.6) is 0 Å². The molecule has 1 heterocycles. The highest BCUT2D eigenvalue weighted by Crippen LogP contribution is 2.14. The van der Waals surface area contributed by atoms with E-state index in [1.165, 1.54) is 0 Å². The van der Waals surface area contributed by atoms with E-state index in [0.29, 0.717) is 23.9 Å². The van der Waals surface area contributed by atoms with Crippen molar-refractivity contribution in [3.8, 4) is 0 Å². The third-order valence-corrected chi connectivity index (χ3v) is 3.19. The van der Waals surface area contributed by atoms with Crippen LogP contribution in [0.2, 0.25) is 5.02 Å². The van der Waals surface area contributed by atoms with E-state index in [1.54, 1.807) is 6.07 Å². The first kappa shape index (κ1) is 16.2. The highest BCUT2D eigenvalue weighted by atomic mass is 35.5. The van der Waals surface area contributed by atoms with Gasteiger partial charge in [-0.2, -0.15) is 5.10 Å². The van der Waals surface area contributed by atoms with Crippen LogP contribution in [0.25, 0.3) is 0 Å². The molecule has 1 aromatic carbocycles. The standard InChI is InChI=1S/C16H18ClN3O2/c1-2-3-9-22-16(21)18-15-8-7-14(19-20-15)11-12-5-4-6-13(17)10-12/h4-8,10H,2-3,9,11H2,1H3,(H,18,20,21). The summed E-state index contributed by atoms with van der Waals surface area (Å²) in [6.45, 7) is 2.44. The van der Waals surface area contributed by atoms with Crippen LogP contribution >= 0.6 is 11.6 Å². The Bertz CT molecular complexity index is 617. The van der Waals surface area contributed by atoms with Crippen LogP contribution in [0.3, 0.4) is 0 Å². The molecule has 22 heavy (non-hydrogen) atoms. The summed E-state index contributed by atoms with van der Waals surface area (Å²) in [7, 11) is 0. The first-order valence-corrected chi connectivity index (χ1v) is 7.56.